The summed E-state index contributed by atoms with van der Waals surface area (Å²) in [5.41, 5.74) is 1.10. The SMILES string of the molecule is CN=C(NCC1(CCO)CCOC1)NCC(C)(C)c1cccc(Cl)c1. The third-order valence-electron chi connectivity index (χ3n) is 4.99. The Bertz CT molecular complexity index is 584. The van der Waals surface area contributed by atoms with E-state index in [-0.39, 0.29) is 17.4 Å². The van der Waals surface area contributed by atoms with Gasteiger partial charge in [-0.3, -0.25) is 4.99 Å². The molecule has 0 amide bonds. The van der Waals surface area contributed by atoms with E-state index in [1.165, 1.54) is 5.56 Å². The first kappa shape index (κ1) is 20.0. The Morgan fingerprint density at radius 1 is 1.40 bits per heavy atom. The normalized spacial score (nSPS) is 21.4. The lowest BCUT2D eigenvalue weighted by atomic mass is 9.84. The zero-order valence-electron chi connectivity index (χ0n) is 15.4. The van der Waals surface area contributed by atoms with Gasteiger partial charge >= 0.3 is 0 Å². The van der Waals surface area contributed by atoms with Gasteiger partial charge in [-0.15, -0.1) is 0 Å². The van der Waals surface area contributed by atoms with Gasteiger partial charge in [0.15, 0.2) is 5.96 Å². The first-order chi connectivity index (χ1) is 11.9. The average molecular weight is 368 g/mol. The van der Waals surface area contributed by atoms with Crippen LogP contribution < -0.4 is 10.6 Å². The summed E-state index contributed by atoms with van der Waals surface area (Å²) in [5.74, 6) is 0.763. The summed E-state index contributed by atoms with van der Waals surface area (Å²) >= 11 is 6.12. The van der Waals surface area contributed by atoms with Crippen molar-refractivity contribution in [3.63, 3.8) is 0 Å². The molecule has 0 aromatic heterocycles. The van der Waals surface area contributed by atoms with Crippen molar-refractivity contribution in [2.24, 2.45) is 10.4 Å². The number of nitrogens with zero attached hydrogens (tertiary/aromatic N) is 1. The number of hydrogen-bond acceptors (Lipinski definition) is 3. The number of aliphatic imine (C=N–C) groups is 1. The van der Waals surface area contributed by atoms with Gasteiger partial charge in [0.1, 0.15) is 0 Å². The summed E-state index contributed by atoms with van der Waals surface area (Å²) in [4.78, 5) is 4.32. The highest BCUT2D eigenvalue weighted by atomic mass is 35.5. The number of halogens is 1. The molecule has 5 nitrogen and oxygen atoms in total. The van der Waals surface area contributed by atoms with Crippen molar-refractivity contribution in [2.75, 3.05) is 40.0 Å². The monoisotopic (exact) mass is 367 g/mol. The first-order valence-corrected chi connectivity index (χ1v) is 9.18. The van der Waals surface area contributed by atoms with Gasteiger partial charge in [0.25, 0.3) is 0 Å². The van der Waals surface area contributed by atoms with E-state index in [0.717, 1.165) is 43.5 Å². The Morgan fingerprint density at radius 2 is 2.20 bits per heavy atom. The van der Waals surface area contributed by atoms with Crippen molar-refractivity contribution >= 4 is 17.6 Å². The molecular weight excluding hydrogens is 338 g/mol. The van der Waals surface area contributed by atoms with Crippen LogP contribution in [0.15, 0.2) is 29.3 Å². The predicted molar refractivity (Wildman–Crippen MR) is 103 cm³/mol. The highest BCUT2D eigenvalue weighted by Crippen LogP contribution is 2.31. The molecule has 0 bridgehead atoms. The van der Waals surface area contributed by atoms with Gasteiger partial charge in [-0.1, -0.05) is 37.6 Å². The van der Waals surface area contributed by atoms with E-state index in [2.05, 4.69) is 35.5 Å². The number of aliphatic hydroxyl groups excluding tert-OH is 1. The zero-order valence-corrected chi connectivity index (χ0v) is 16.2. The summed E-state index contributed by atoms with van der Waals surface area (Å²) in [6.45, 7) is 7.45. The van der Waals surface area contributed by atoms with E-state index in [1.54, 1.807) is 7.05 Å². The molecule has 3 N–H and O–H groups in total. The second kappa shape index (κ2) is 8.88. The van der Waals surface area contributed by atoms with E-state index < -0.39 is 0 Å². The van der Waals surface area contributed by atoms with Crippen LogP contribution in [0.5, 0.6) is 0 Å². The fourth-order valence-electron chi connectivity index (χ4n) is 3.12. The van der Waals surface area contributed by atoms with Crippen LogP contribution in [0, 0.1) is 5.41 Å². The van der Waals surface area contributed by atoms with Gasteiger partial charge in [0.2, 0.25) is 0 Å². The zero-order chi connectivity index (χ0) is 18.3. The minimum Gasteiger partial charge on any atom is -0.396 e. The number of benzene rings is 1. The lowest BCUT2D eigenvalue weighted by Crippen LogP contribution is -2.47. The molecule has 1 unspecified atom stereocenters. The number of guanidine groups is 1. The molecule has 0 spiro atoms. The molecule has 0 saturated carbocycles. The molecule has 2 rings (SSSR count). The van der Waals surface area contributed by atoms with Crippen LogP contribution in [0.25, 0.3) is 0 Å². The van der Waals surface area contributed by atoms with Crippen molar-refractivity contribution in [2.45, 2.75) is 32.1 Å². The van der Waals surface area contributed by atoms with Crippen molar-refractivity contribution in [1.82, 2.24) is 10.6 Å². The van der Waals surface area contributed by atoms with Crippen molar-refractivity contribution in [1.29, 1.82) is 0 Å². The number of aliphatic hydroxyl groups is 1. The molecule has 1 aliphatic rings. The average Bonchev–Trinajstić information content (AvgIpc) is 3.04. The van der Waals surface area contributed by atoms with Crippen LogP contribution >= 0.6 is 11.6 Å². The van der Waals surface area contributed by atoms with E-state index in [9.17, 15) is 5.11 Å². The van der Waals surface area contributed by atoms with Gasteiger partial charge in [-0.25, -0.2) is 0 Å². The van der Waals surface area contributed by atoms with E-state index in [0.29, 0.717) is 6.61 Å². The van der Waals surface area contributed by atoms with E-state index in [4.69, 9.17) is 16.3 Å². The maximum atomic E-state index is 9.33. The van der Waals surface area contributed by atoms with Crippen LogP contribution in [0.3, 0.4) is 0 Å². The topological polar surface area (TPSA) is 65.9 Å². The highest BCUT2D eigenvalue weighted by molar-refractivity contribution is 6.30. The minimum atomic E-state index is -0.0816. The van der Waals surface area contributed by atoms with E-state index >= 15 is 0 Å². The van der Waals surface area contributed by atoms with Crippen LogP contribution in [0.2, 0.25) is 5.02 Å². The van der Waals surface area contributed by atoms with E-state index in [1.807, 2.05) is 18.2 Å². The molecule has 1 heterocycles. The summed E-state index contributed by atoms with van der Waals surface area (Å²) in [7, 11) is 1.77. The molecule has 1 aromatic rings. The summed E-state index contributed by atoms with van der Waals surface area (Å²) in [6.07, 6.45) is 1.70. The largest absolute Gasteiger partial charge is 0.396 e. The Hall–Kier alpha value is -1.30. The second-order valence-electron chi connectivity index (χ2n) is 7.45. The smallest absolute Gasteiger partial charge is 0.191 e. The molecule has 1 atom stereocenters. The molecule has 25 heavy (non-hydrogen) atoms. The van der Waals surface area contributed by atoms with Gasteiger partial charge in [-0.05, 0) is 30.5 Å². The molecule has 1 aromatic carbocycles. The van der Waals surface area contributed by atoms with Crippen LogP contribution in [0.1, 0.15) is 32.3 Å². The Morgan fingerprint density at radius 3 is 2.80 bits per heavy atom. The third-order valence-corrected chi connectivity index (χ3v) is 5.22. The molecule has 6 heteroatoms. The summed E-state index contributed by atoms with van der Waals surface area (Å²) < 4.78 is 5.54. The van der Waals surface area contributed by atoms with Crippen molar-refractivity contribution < 1.29 is 9.84 Å². The quantitative estimate of drug-likeness (QED) is 0.512. The number of nitrogens with one attached hydrogen (secondary N) is 2. The molecule has 1 aliphatic heterocycles. The van der Waals surface area contributed by atoms with Gasteiger partial charge in [0.05, 0.1) is 6.61 Å². The Labute approximate surface area is 155 Å². The third kappa shape index (κ3) is 5.59. The molecule has 1 saturated heterocycles. The van der Waals surface area contributed by atoms with Crippen LogP contribution in [-0.4, -0.2) is 51.0 Å². The minimum absolute atomic E-state index is 0.00512. The van der Waals surface area contributed by atoms with Crippen molar-refractivity contribution in [3.05, 3.63) is 34.9 Å². The highest BCUT2D eigenvalue weighted by Gasteiger charge is 2.34. The summed E-state index contributed by atoms with van der Waals surface area (Å²) in [6, 6.07) is 7.96. The molecule has 140 valence electrons. The number of hydrogen-bond donors (Lipinski definition) is 3. The summed E-state index contributed by atoms with van der Waals surface area (Å²) in [5, 5.41) is 16.9. The van der Waals surface area contributed by atoms with Crippen molar-refractivity contribution in [3.8, 4) is 0 Å². The fraction of sp³-hybridized carbons (Fsp3) is 0.632. The predicted octanol–water partition coefficient (Wildman–Crippen LogP) is 2.57. The number of ether oxygens (including phenoxy) is 1. The first-order valence-electron chi connectivity index (χ1n) is 8.80. The molecular formula is C19H30ClN3O2. The maximum Gasteiger partial charge on any atom is 0.191 e. The fourth-order valence-corrected chi connectivity index (χ4v) is 3.31. The Kier molecular flexibility index (Phi) is 7.11. The molecule has 0 aliphatic carbocycles. The van der Waals surface area contributed by atoms with Gasteiger partial charge in [-0.2, -0.15) is 0 Å². The Balaban J connectivity index is 1.91. The lowest BCUT2D eigenvalue weighted by molar-refractivity contribution is 0.127. The van der Waals surface area contributed by atoms with Crippen LogP contribution in [-0.2, 0) is 10.2 Å². The second-order valence-corrected chi connectivity index (χ2v) is 7.89. The standard InChI is InChI=1S/C19H30ClN3O2/c1-18(2,15-5-4-6-16(20)11-15)12-22-17(21-3)23-13-19(7-9-24)8-10-25-14-19/h4-6,11,24H,7-10,12-14H2,1-3H3,(H2,21,22,23). The molecule has 1 fully saturated rings. The maximum absolute atomic E-state index is 9.33. The number of rotatable bonds is 7. The van der Waals surface area contributed by atoms with Gasteiger partial charge < -0.3 is 20.5 Å². The molecule has 0 radical (unpaired) electrons. The van der Waals surface area contributed by atoms with Crippen LogP contribution in [0.4, 0.5) is 0 Å². The lowest BCUT2D eigenvalue weighted by Gasteiger charge is -2.30. The van der Waals surface area contributed by atoms with Gasteiger partial charge in [0, 0.05) is 49.2 Å².